The van der Waals surface area contributed by atoms with Crippen LogP contribution in [0, 0.1) is 36.5 Å². The number of nitrogens with zero attached hydrogens (tertiary/aromatic N) is 1. The molecular formula is C26H31NO3S. The summed E-state index contributed by atoms with van der Waals surface area (Å²) >= 11 is 0. The number of sulfonamides is 1. The Morgan fingerprint density at radius 3 is 2.39 bits per heavy atom. The van der Waals surface area contributed by atoms with Gasteiger partial charge >= 0.3 is 0 Å². The van der Waals surface area contributed by atoms with E-state index in [0.29, 0.717) is 40.7 Å². The van der Waals surface area contributed by atoms with E-state index < -0.39 is 10.0 Å². The molecule has 31 heavy (non-hydrogen) atoms. The number of ketones is 1. The summed E-state index contributed by atoms with van der Waals surface area (Å²) in [6.45, 7) is 4.71. The molecule has 2 bridgehead atoms. The summed E-state index contributed by atoms with van der Waals surface area (Å²) in [5.41, 5.74) is 1.70. The number of fused-ring (bicyclic) bond motifs is 5. The topological polar surface area (TPSA) is 54.5 Å². The van der Waals surface area contributed by atoms with Gasteiger partial charge in [0, 0.05) is 24.6 Å². The molecule has 4 nitrogen and oxygen atoms in total. The van der Waals surface area contributed by atoms with Crippen molar-refractivity contribution in [1.82, 2.24) is 4.31 Å². The molecule has 164 valence electrons. The van der Waals surface area contributed by atoms with Gasteiger partial charge in [0.25, 0.3) is 0 Å². The van der Waals surface area contributed by atoms with Gasteiger partial charge in [-0.05, 0) is 67.9 Å². The number of hydrogen-bond acceptors (Lipinski definition) is 3. The minimum Gasteiger partial charge on any atom is -0.294 e. The number of Topliss-reactive ketones (excluding diaryl/α,β-unsaturated/α-hetero) is 1. The Labute approximate surface area is 185 Å². The van der Waals surface area contributed by atoms with E-state index in [0.717, 1.165) is 5.56 Å². The second kappa shape index (κ2) is 7.86. The molecule has 5 heteroatoms. The van der Waals surface area contributed by atoms with E-state index in [1.807, 2.05) is 49.4 Å². The highest BCUT2D eigenvalue weighted by Crippen LogP contribution is 2.58. The van der Waals surface area contributed by atoms with Crippen LogP contribution in [0.1, 0.15) is 48.5 Å². The van der Waals surface area contributed by atoms with Crippen LogP contribution in [0.25, 0.3) is 0 Å². The van der Waals surface area contributed by atoms with Gasteiger partial charge in [-0.3, -0.25) is 4.79 Å². The highest BCUT2D eigenvalue weighted by molar-refractivity contribution is 7.89. The van der Waals surface area contributed by atoms with Crippen molar-refractivity contribution in [3.05, 3.63) is 65.7 Å². The second-order valence-electron chi connectivity index (χ2n) is 9.88. The second-order valence-corrected chi connectivity index (χ2v) is 11.8. The van der Waals surface area contributed by atoms with Crippen LogP contribution >= 0.6 is 0 Å². The van der Waals surface area contributed by atoms with E-state index in [1.165, 1.54) is 19.3 Å². The van der Waals surface area contributed by atoms with Crippen LogP contribution in [-0.4, -0.2) is 31.1 Å². The Hall–Kier alpha value is -1.98. The highest BCUT2D eigenvalue weighted by atomic mass is 32.2. The van der Waals surface area contributed by atoms with E-state index in [2.05, 4.69) is 6.92 Å². The van der Waals surface area contributed by atoms with Crippen LogP contribution in [0.5, 0.6) is 0 Å². The molecule has 2 aromatic carbocycles. The maximum absolute atomic E-state index is 13.8. The summed E-state index contributed by atoms with van der Waals surface area (Å²) in [6.07, 6.45) is 3.97. The van der Waals surface area contributed by atoms with Gasteiger partial charge in [0.1, 0.15) is 0 Å². The van der Waals surface area contributed by atoms with Crippen molar-refractivity contribution in [3.8, 4) is 0 Å². The molecule has 0 amide bonds. The molecule has 3 fully saturated rings. The quantitative estimate of drug-likeness (QED) is 0.623. The molecule has 1 unspecified atom stereocenters. The zero-order valence-electron chi connectivity index (χ0n) is 18.3. The molecule has 6 atom stereocenters. The van der Waals surface area contributed by atoms with E-state index in [1.54, 1.807) is 16.4 Å². The maximum Gasteiger partial charge on any atom is 0.243 e. The first-order valence-electron chi connectivity index (χ1n) is 11.5. The lowest BCUT2D eigenvalue weighted by molar-refractivity contribution is 0.0270. The van der Waals surface area contributed by atoms with Crippen LogP contribution in [-0.2, 0) is 10.0 Å². The number of hydrogen-bond donors (Lipinski definition) is 0. The van der Waals surface area contributed by atoms with Gasteiger partial charge in [-0.2, -0.15) is 4.31 Å². The van der Waals surface area contributed by atoms with Gasteiger partial charge in [0.15, 0.2) is 5.78 Å². The van der Waals surface area contributed by atoms with Gasteiger partial charge in [-0.1, -0.05) is 55.0 Å². The van der Waals surface area contributed by atoms with E-state index in [-0.39, 0.29) is 24.2 Å². The number of carbonyl (C=O) groups is 1. The van der Waals surface area contributed by atoms with Crippen LogP contribution in [0.3, 0.4) is 0 Å². The van der Waals surface area contributed by atoms with Crippen molar-refractivity contribution in [1.29, 1.82) is 0 Å². The summed E-state index contributed by atoms with van der Waals surface area (Å²) in [4.78, 5) is 13.5. The summed E-state index contributed by atoms with van der Waals surface area (Å²) in [5, 5.41) is 0. The zero-order valence-corrected chi connectivity index (χ0v) is 19.1. The fourth-order valence-electron chi connectivity index (χ4n) is 6.75. The Morgan fingerprint density at radius 2 is 1.68 bits per heavy atom. The molecule has 1 aliphatic heterocycles. The SMILES string of the molecule is Cc1ccc(S(=O)(=O)N2C[C@@H]3[C@H]4CC[C@H](C4)[C@@H]3[C@@H](C)C2CC(=O)c2ccccc2)cc1. The maximum atomic E-state index is 13.8. The van der Waals surface area contributed by atoms with Gasteiger partial charge in [0.2, 0.25) is 10.0 Å². The van der Waals surface area contributed by atoms with Crippen LogP contribution < -0.4 is 0 Å². The summed E-state index contributed by atoms with van der Waals surface area (Å²) in [7, 11) is -3.66. The van der Waals surface area contributed by atoms with Gasteiger partial charge in [0.05, 0.1) is 4.90 Å². The molecule has 0 aromatic heterocycles. The van der Waals surface area contributed by atoms with Crippen LogP contribution in [0.15, 0.2) is 59.5 Å². The van der Waals surface area contributed by atoms with E-state index in [9.17, 15) is 13.2 Å². The predicted molar refractivity (Wildman–Crippen MR) is 121 cm³/mol. The molecule has 5 rings (SSSR count). The standard InChI is InChI=1S/C26H31NO3S/c1-17-8-12-22(13-9-17)31(29,30)27-16-23-20-10-11-21(14-20)26(23)18(2)24(27)15-25(28)19-6-4-3-5-7-19/h3-9,12-13,18,20-21,23-24,26H,10-11,14-16H2,1-2H3/t18-,20-,21+,23+,24?,26-/m0/s1. The molecule has 0 spiro atoms. The first-order chi connectivity index (χ1) is 14.9. The fourth-order valence-corrected chi connectivity index (χ4v) is 8.49. The van der Waals surface area contributed by atoms with E-state index in [4.69, 9.17) is 0 Å². The smallest absolute Gasteiger partial charge is 0.243 e. The lowest BCUT2D eigenvalue weighted by atomic mass is 9.67. The average Bonchev–Trinajstić information content (AvgIpc) is 3.38. The first kappa shape index (κ1) is 20.9. The molecular weight excluding hydrogens is 406 g/mol. The normalized spacial score (nSPS) is 32.7. The Morgan fingerprint density at radius 1 is 1.00 bits per heavy atom. The molecule has 1 heterocycles. The summed E-state index contributed by atoms with van der Waals surface area (Å²) < 4.78 is 29.3. The van der Waals surface area contributed by atoms with Crippen LogP contribution in [0.2, 0.25) is 0 Å². The molecule has 2 aromatic rings. The minimum absolute atomic E-state index is 0.0307. The van der Waals surface area contributed by atoms with Crippen molar-refractivity contribution >= 4 is 15.8 Å². The third-order valence-electron chi connectivity index (χ3n) is 8.25. The van der Waals surface area contributed by atoms with Gasteiger partial charge in [-0.15, -0.1) is 0 Å². The molecule has 0 N–H and O–H groups in total. The first-order valence-corrected chi connectivity index (χ1v) is 13.0. The van der Waals surface area contributed by atoms with Crippen LogP contribution in [0.4, 0.5) is 0 Å². The monoisotopic (exact) mass is 437 g/mol. The minimum atomic E-state index is -3.66. The van der Waals surface area contributed by atoms with Crippen molar-refractivity contribution in [3.63, 3.8) is 0 Å². The largest absolute Gasteiger partial charge is 0.294 e. The lowest BCUT2D eigenvalue weighted by Gasteiger charge is -2.49. The Balaban J connectivity index is 1.51. The molecule has 2 aliphatic carbocycles. The van der Waals surface area contributed by atoms with Crippen molar-refractivity contribution in [2.75, 3.05) is 6.54 Å². The van der Waals surface area contributed by atoms with Gasteiger partial charge in [-0.25, -0.2) is 8.42 Å². The third kappa shape index (κ3) is 3.56. The molecule has 3 aliphatic rings. The van der Waals surface area contributed by atoms with E-state index >= 15 is 0 Å². The molecule has 2 saturated carbocycles. The number of carbonyl (C=O) groups excluding carboxylic acids is 1. The van der Waals surface area contributed by atoms with Crippen molar-refractivity contribution in [2.45, 2.75) is 50.5 Å². The number of benzene rings is 2. The average molecular weight is 438 g/mol. The highest BCUT2D eigenvalue weighted by Gasteiger charge is 2.56. The molecule has 1 saturated heterocycles. The fraction of sp³-hybridized carbons (Fsp3) is 0.500. The Bertz CT molecular complexity index is 1060. The molecule has 0 radical (unpaired) electrons. The van der Waals surface area contributed by atoms with Gasteiger partial charge < -0.3 is 0 Å². The number of rotatable bonds is 5. The van der Waals surface area contributed by atoms with Crippen molar-refractivity contribution in [2.24, 2.45) is 29.6 Å². The van der Waals surface area contributed by atoms with Crippen molar-refractivity contribution < 1.29 is 13.2 Å². The summed E-state index contributed by atoms with van der Waals surface area (Å²) in [6, 6.07) is 16.1. The zero-order chi connectivity index (χ0) is 21.8. The Kier molecular flexibility index (Phi) is 5.30. The third-order valence-corrected chi connectivity index (χ3v) is 10.2. The lowest BCUT2D eigenvalue weighted by Crippen LogP contribution is -2.56. The predicted octanol–water partition coefficient (Wildman–Crippen LogP) is 4.94. The summed E-state index contributed by atoms with van der Waals surface area (Å²) in [5.74, 6) is 2.52. The number of piperidine rings is 1. The number of aryl methyl sites for hydroxylation is 1.